The molecule has 0 saturated heterocycles. The third kappa shape index (κ3) is 11.3. The summed E-state index contributed by atoms with van der Waals surface area (Å²) < 4.78 is 80.5. The van der Waals surface area contributed by atoms with Crippen molar-refractivity contribution in [3.63, 3.8) is 0 Å². The molecule has 0 bridgehead atoms. The number of rotatable bonds is 16. The van der Waals surface area contributed by atoms with Crippen LogP contribution in [0.1, 0.15) is 79.6 Å². The van der Waals surface area contributed by atoms with Crippen molar-refractivity contribution in [1.82, 2.24) is 9.29 Å². The van der Waals surface area contributed by atoms with Gasteiger partial charge in [0.15, 0.2) is 11.5 Å². The van der Waals surface area contributed by atoms with Crippen LogP contribution in [0.15, 0.2) is 48.8 Å². The van der Waals surface area contributed by atoms with Crippen LogP contribution in [0.3, 0.4) is 0 Å². The van der Waals surface area contributed by atoms with Crippen molar-refractivity contribution >= 4 is 45.3 Å². The number of carbonyl (C=O) groups excluding carboxylic acids is 2. The van der Waals surface area contributed by atoms with Crippen LogP contribution >= 0.6 is 23.2 Å². The highest BCUT2D eigenvalue weighted by Crippen LogP contribution is 2.39. The minimum atomic E-state index is -4.07. The van der Waals surface area contributed by atoms with Crippen LogP contribution in [0.25, 0.3) is 0 Å². The van der Waals surface area contributed by atoms with E-state index in [9.17, 15) is 26.8 Å². The van der Waals surface area contributed by atoms with E-state index >= 15 is 0 Å². The molecule has 1 atom stereocenters. The number of benzene rings is 2. The summed E-state index contributed by atoms with van der Waals surface area (Å²) in [5.41, 5.74) is 0.217. The highest BCUT2D eigenvalue weighted by molar-refractivity contribution is 7.88. The van der Waals surface area contributed by atoms with E-state index in [1.807, 2.05) is 0 Å². The maximum atomic E-state index is 13.9. The van der Waals surface area contributed by atoms with Gasteiger partial charge in [-0.15, -0.1) is 0 Å². The number of ether oxygens (including phenoxy) is 5. The lowest BCUT2D eigenvalue weighted by atomic mass is 10.0. The van der Waals surface area contributed by atoms with Gasteiger partial charge in [0.1, 0.15) is 17.5 Å². The van der Waals surface area contributed by atoms with Gasteiger partial charge in [0.25, 0.3) is 0 Å². The molecule has 2 fully saturated rings. The van der Waals surface area contributed by atoms with Crippen LogP contribution in [0.2, 0.25) is 10.0 Å². The predicted molar refractivity (Wildman–Crippen MR) is 189 cm³/mol. The summed E-state index contributed by atoms with van der Waals surface area (Å²) in [6.07, 6.45) is 5.37. The second kappa shape index (κ2) is 16.4. The molecule has 2 saturated carbocycles. The van der Waals surface area contributed by atoms with Crippen LogP contribution in [0.4, 0.5) is 13.6 Å². The number of pyridine rings is 1. The van der Waals surface area contributed by atoms with Crippen LogP contribution < -0.4 is 14.2 Å². The number of hydrogen-bond donors (Lipinski definition) is 0. The Balaban J connectivity index is 1.47. The van der Waals surface area contributed by atoms with Crippen molar-refractivity contribution in [2.75, 3.05) is 19.5 Å². The second-order valence-corrected chi connectivity index (χ2v) is 16.6. The first-order chi connectivity index (χ1) is 24.5. The van der Waals surface area contributed by atoms with Gasteiger partial charge in [-0.2, -0.15) is 13.1 Å². The van der Waals surface area contributed by atoms with Gasteiger partial charge in [0, 0.05) is 24.4 Å². The number of esters is 1. The van der Waals surface area contributed by atoms with Gasteiger partial charge in [0.2, 0.25) is 10.0 Å². The fourth-order valence-corrected chi connectivity index (χ4v) is 6.19. The lowest BCUT2D eigenvalue weighted by Gasteiger charge is -2.26. The van der Waals surface area contributed by atoms with E-state index in [2.05, 4.69) is 4.98 Å². The minimum Gasteiger partial charge on any atom is -0.493 e. The van der Waals surface area contributed by atoms with Crippen LogP contribution in [0, 0.1) is 11.8 Å². The topological polar surface area (TPSA) is 131 Å². The molecule has 0 aliphatic heterocycles. The monoisotopic (exact) mass is 784 g/mol. The van der Waals surface area contributed by atoms with E-state index < -0.39 is 46.9 Å². The molecule has 16 heteroatoms. The fraction of sp³-hybridized carbons (Fsp3) is 0.472. The summed E-state index contributed by atoms with van der Waals surface area (Å²) in [6, 6.07) is 8.59. The lowest BCUT2D eigenvalue weighted by Crippen LogP contribution is -2.39. The molecule has 2 aliphatic carbocycles. The SMILES string of the molecule is CC(C)(C)OC(=O)N(Cc1ccc(C(=O)O[C@@H](Cc2c(Cl)cncc2Cl)c2ccc(OC(F)F)c(OCC3CC3)c2)cc1OCC1CC1)S(C)(=O)=O. The van der Waals surface area contributed by atoms with Crippen molar-refractivity contribution in [2.24, 2.45) is 11.8 Å². The number of alkyl halides is 2. The highest BCUT2D eigenvalue weighted by Gasteiger charge is 2.31. The van der Waals surface area contributed by atoms with Crippen LogP contribution in [0.5, 0.6) is 17.2 Å². The van der Waals surface area contributed by atoms with Gasteiger partial charge >= 0.3 is 18.7 Å². The zero-order valence-electron chi connectivity index (χ0n) is 29.1. The average molecular weight is 786 g/mol. The van der Waals surface area contributed by atoms with Gasteiger partial charge in [0.05, 0.1) is 41.6 Å². The standard InChI is InChI=1S/C36H40Cl2F2N2O9S/c1-36(2,3)51-35(44)42(52(4,45)46)18-25-10-9-24(14-30(25)47-19-21-5-6-21)33(43)49-31(15-26-27(37)16-41-17-28(26)38)23-11-12-29(50-34(39)40)32(13-23)48-20-22-7-8-22/h9-14,16-17,21-22,31,34H,5-8,15,18-20H2,1-4H3/t31-/m0/s1. The Morgan fingerprint density at radius 3 is 2.10 bits per heavy atom. The smallest absolute Gasteiger partial charge is 0.424 e. The molecule has 11 nitrogen and oxygen atoms in total. The zero-order chi connectivity index (χ0) is 37.8. The van der Waals surface area contributed by atoms with Crippen molar-refractivity contribution in [2.45, 2.75) is 77.7 Å². The van der Waals surface area contributed by atoms with E-state index in [1.165, 1.54) is 48.8 Å². The van der Waals surface area contributed by atoms with Crippen LogP contribution in [-0.2, 0) is 32.5 Å². The molecule has 282 valence electrons. The molecular weight excluding hydrogens is 745 g/mol. The summed E-state index contributed by atoms with van der Waals surface area (Å²) in [5, 5.41) is 0.439. The molecule has 2 aliphatic rings. The molecule has 0 radical (unpaired) electrons. The molecule has 0 spiro atoms. The molecule has 1 amide bonds. The van der Waals surface area contributed by atoms with Gasteiger partial charge in [-0.1, -0.05) is 35.3 Å². The first-order valence-corrected chi connectivity index (χ1v) is 19.2. The minimum absolute atomic E-state index is 0.0224. The van der Waals surface area contributed by atoms with Crippen molar-refractivity contribution in [3.8, 4) is 17.2 Å². The summed E-state index contributed by atoms with van der Waals surface area (Å²) in [7, 11) is -4.07. The highest BCUT2D eigenvalue weighted by atomic mass is 35.5. The largest absolute Gasteiger partial charge is 0.493 e. The predicted octanol–water partition coefficient (Wildman–Crippen LogP) is 8.40. The van der Waals surface area contributed by atoms with E-state index in [1.54, 1.807) is 20.8 Å². The first-order valence-electron chi connectivity index (χ1n) is 16.6. The molecule has 1 heterocycles. The number of sulfonamides is 1. The molecule has 2 aromatic carbocycles. The molecule has 1 aromatic heterocycles. The zero-order valence-corrected chi connectivity index (χ0v) is 31.4. The van der Waals surface area contributed by atoms with Gasteiger partial charge in [-0.3, -0.25) is 4.98 Å². The van der Waals surface area contributed by atoms with Gasteiger partial charge < -0.3 is 23.7 Å². The number of nitrogens with zero attached hydrogens (tertiary/aromatic N) is 2. The van der Waals surface area contributed by atoms with E-state index in [0.717, 1.165) is 31.9 Å². The fourth-order valence-electron chi connectivity index (χ4n) is 4.99. The molecule has 5 rings (SSSR count). The first kappa shape index (κ1) is 39.3. The maximum Gasteiger partial charge on any atom is 0.424 e. The Kier molecular flexibility index (Phi) is 12.4. The molecule has 0 N–H and O–H groups in total. The summed E-state index contributed by atoms with van der Waals surface area (Å²) in [6.45, 7) is 1.96. The summed E-state index contributed by atoms with van der Waals surface area (Å²) >= 11 is 12.9. The second-order valence-electron chi connectivity index (χ2n) is 13.8. The number of hydrogen-bond acceptors (Lipinski definition) is 10. The quantitative estimate of drug-likeness (QED) is 0.131. The summed E-state index contributed by atoms with van der Waals surface area (Å²) in [4.78, 5) is 30.8. The maximum absolute atomic E-state index is 13.9. The molecule has 52 heavy (non-hydrogen) atoms. The van der Waals surface area contributed by atoms with Gasteiger partial charge in [-0.25, -0.2) is 18.0 Å². The van der Waals surface area contributed by atoms with Gasteiger partial charge in [-0.05, 0) is 93.7 Å². The third-order valence-electron chi connectivity index (χ3n) is 8.10. The number of halogens is 4. The summed E-state index contributed by atoms with van der Waals surface area (Å²) in [5.74, 6) is -0.133. The van der Waals surface area contributed by atoms with Crippen molar-refractivity contribution < 1.29 is 50.5 Å². The molecule has 0 unspecified atom stereocenters. The Morgan fingerprint density at radius 1 is 0.923 bits per heavy atom. The number of amides is 1. The average Bonchev–Trinajstić information content (AvgIpc) is 3.98. The van der Waals surface area contributed by atoms with E-state index in [0.29, 0.717) is 46.0 Å². The molecular formula is C36H40Cl2F2N2O9S. The Hall–Kier alpha value is -3.88. The Labute approximate surface area is 311 Å². The van der Waals surface area contributed by atoms with E-state index in [-0.39, 0.29) is 39.3 Å². The lowest BCUT2D eigenvalue weighted by molar-refractivity contribution is -0.0515. The molecule has 3 aromatic rings. The number of aromatic nitrogens is 1. The third-order valence-corrected chi connectivity index (χ3v) is 9.83. The Bertz CT molecular complexity index is 1860. The van der Waals surface area contributed by atoms with E-state index in [4.69, 9.17) is 46.9 Å². The Morgan fingerprint density at radius 2 is 1.54 bits per heavy atom. The number of carbonyl (C=O) groups is 2. The van der Waals surface area contributed by atoms with Crippen molar-refractivity contribution in [1.29, 1.82) is 0 Å². The van der Waals surface area contributed by atoms with Crippen LogP contribution in [-0.4, -0.2) is 61.5 Å². The van der Waals surface area contributed by atoms with Crippen molar-refractivity contribution in [3.05, 3.63) is 81.1 Å². The normalized spacial score (nSPS) is 15.2.